The Hall–Kier alpha value is -0.870. The molecule has 0 saturated carbocycles. The number of rotatable bonds is 34. The molecule has 6 nitrogen and oxygen atoms in total. The quantitative estimate of drug-likeness (QED) is 0.0562. The summed E-state index contributed by atoms with van der Waals surface area (Å²) in [6.07, 6.45) is 37.7. The minimum absolute atomic E-state index is 0.149. The zero-order chi connectivity index (χ0) is 31.7. The van der Waals surface area contributed by atoms with E-state index in [2.05, 4.69) is 13.8 Å². The molecule has 0 atom stereocenters. The van der Waals surface area contributed by atoms with Crippen molar-refractivity contribution >= 4 is 19.7 Å². The van der Waals surface area contributed by atoms with Gasteiger partial charge in [-0.05, 0) is 12.8 Å². The van der Waals surface area contributed by atoms with Crippen LogP contribution in [0.5, 0.6) is 0 Å². The molecule has 0 aromatic rings. The first-order valence-electron chi connectivity index (χ1n) is 18.7. The summed E-state index contributed by atoms with van der Waals surface area (Å²) in [5.41, 5.74) is 5.50. The van der Waals surface area contributed by atoms with E-state index in [1.807, 2.05) is 0 Å². The molecule has 0 amide bonds. The average Bonchev–Trinajstić information content (AvgIpc) is 2.96. The fourth-order valence-corrected chi connectivity index (χ4v) is 6.46. The molecular weight excluding hydrogens is 557 g/mol. The monoisotopic (exact) mass is 630 g/mol. The van der Waals surface area contributed by atoms with Crippen LogP contribution in [-0.2, 0) is 23.2 Å². The summed E-state index contributed by atoms with van der Waals surface area (Å²) in [6, 6.07) is 0. The van der Waals surface area contributed by atoms with Crippen molar-refractivity contribution in [2.24, 2.45) is 5.50 Å². The van der Waals surface area contributed by atoms with Crippen molar-refractivity contribution in [2.75, 3.05) is 0 Å². The van der Waals surface area contributed by atoms with Gasteiger partial charge in [-0.3, -0.25) is 9.59 Å². The second kappa shape index (κ2) is 32.5. The summed E-state index contributed by atoms with van der Waals surface area (Å²) in [7, 11) is -4.18. The van der Waals surface area contributed by atoms with E-state index in [1.54, 1.807) is 0 Å². The smallest absolute Gasteiger partial charge is 0.371 e. The highest BCUT2D eigenvalue weighted by Gasteiger charge is 2.27. The molecular formula is C36H72NO5P. The van der Waals surface area contributed by atoms with Gasteiger partial charge in [0.2, 0.25) is 0 Å². The Morgan fingerprint density at radius 2 is 0.581 bits per heavy atom. The molecule has 0 spiro atoms. The molecule has 0 saturated heterocycles. The molecule has 0 aliphatic heterocycles. The summed E-state index contributed by atoms with van der Waals surface area (Å²) in [6.45, 7) is 4.52. The van der Waals surface area contributed by atoms with E-state index in [0.717, 1.165) is 25.7 Å². The standard InChI is InChI=1S/C36H72NO5P/c1-3-5-7-9-11-13-15-17-19-21-23-25-27-29-31-33-35(38)41-43(37,40)42-36(39)34-32-30-28-26-24-22-20-18-16-14-12-10-8-6-4-2/h3-34H2,1-2H3,(H2,37,40). The lowest BCUT2D eigenvalue weighted by molar-refractivity contribution is -0.138. The maximum absolute atomic E-state index is 12.2. The molecule has 0 radical (unpaired) electrons. The Labute approximate surface area is 267 Å². The third-order valence-electron chi connectivity index (χ3n) is 8.43. The van der Waals surface area contributed by atoms with Crippen molar-refractivity contribution in [3.8, 4) is 0 Å². The van der Waals surface area contributed by atoms with Gasteiger partial charge in [0.05, 0.1) is 0 Å². The second-order valence-corrected chi connectivity index (χ2v) is 14.3. The maximum atomic E-state index is 12.2. The van der Waals surface area contributed by atoms with E-state index < -0.39 is 19.7 Å². The van der Waals surface area contributed by atoms with Crippen LogP contribution in [0.1, 0.15) is 219 Å². The summed E-state index contributed by atoms with van der Waals surface area (Å²) < 4.78 is 21.9. The first-order valence-corrected chi connectivity index (χ1v) is 20.4. The Kier molecular flexibility index (Phi) is 31.9. The van der Waals surface area contributed by atoms with Crippen molar-refractivity contribution in [1.29, 1.82) is 0 Å². The van der Waals surface area contributed by atoms with Gasteiger partial charge in [0.1, 0.15) is 0 Å². The van der Waals surface area contributed by atoms with Gasteiger partial charge in [0, 0.05) is 12.8 Å². The predicted molar refractivity (Wildman–Crippen MR) is 183 cm³/mol. The molecule has 0 bridgehead atoms. The van der Waals surface area contributed by atoms with Crippen molar-refractivity contribution in [2.45, 2.75) is 219 Å². The Morgan fingerprint density at radius 1 is 0.395 bits per heavy atom. The number of nitrogens with two attached hydrogens (primary N) is 1. The number of carbonyl (C=O) groups is 2. The van der Waals surface area contributed by atoms with E-state index >= 15 is 0 Å². The first-order chi connectivity index (χ1) is 20.9. The van der Waals surface area contributed by atoms with Crippen LogP contribution in [0.3, 0.4) is 0 Å². The topological polar surface area (TPSA) is 95.7 Å². The molecule has 0 unspecified atom stereocenters. The van der Waals surface area contributed by atoms with Gasteiger partial charge in [-0.15, -0.1) is 0 Å². The van der Waals surface area contributed by atoms with Crippen LogP contribution in [0.4, 0.5) is 0 Å². The molecule has 0 heterocycles. The molecule has 0 aromatic carbocycles. The van der Waals surface area contributed by atoms with E-state index in [9.17, 15) is 14.2 Å². The van der Waals surface area contributed by atoms with Crippen LogP contribution >= 0.6 is 7.75 Å². The Balaban J connectivity index is 3.53. The molecule has 0 fully saturated rings. The second-order valence-electron chi connectivity index (χ2n) is 12.9. The molecule has 0 aliphatic carbocycles. The SMILES string of the molecule is CCCCCCCCCCCCCCCCCC(=O)OP(N)(=O)OC(=O)CCCCCCCCCCCCCCCCC. The largest absolute Gasteiger partial charge is 0.514 e. The Morgan fingerprint density at radius 3 is 0.791 bits per heavy atom. The van der Waals surface area contributed by atoms with Crippen LogP contribution in [-0.4, -0.2) is 11.9 Å². The number of hydrogen-bond donors (Lipinski definition) is 1. The van der Waals surface area contributed by atoms with Crippen LogP contribution in [0, 0.1) is 0 Å². The summed E-state index contributed by atoms with van der Waals surface area (Å²) in [5, 5.41) is 0. The van der Waals surface area contributed by atoms with Gasteiger partial charge >= 0.3 is 19.7 Å². The third kappa shape index (κ3) is 33.9. The van der Waals surface area contributed by atoms with Gasteiger partial charge in [-0.25, -0.2) is 10.1 Å². The zero-order valence-corrected chi connectivity index (χ0v) is 29.6. The molecule has 0 aromatic heterocycles. The summed E-state index contributed by atoms with van der Waals surface area (Å²) in [5.74, 6) is -1.30. The van der Waals surface area contributed by atoms with Crippen LogP contribution < -0.4 is 5.50 Å². The average molecular weight is 630 g/mol. The molecule has 0 rings (SSSR count). The number of carbonyl (C=O) groups excluding carboxylic acids is 2. The minimum Gasteiger partial charge on any atom is -0.371 e. The highest BCUT2D eigenvalue weighted by atomic mass is 31.2. The lowest BCUT2D eigenvalue weighted by Gasteiger charge is -2.13. The fraction of sp³-hybridized carbons (Fsp3) is 0.944. The molecule has 2 N–H and O–H groups in total. The zero-order valence-electron chi connectivity index (χ0n) is 28.7. The highest BCUT2D eigenvalue weighted by Crippen LogP contribution is 2.40. The minimum atomic E-state index is -4.18. The predicted octanol–water partition coefficient (Wildman–Crippen LogP) is 12.7. The fourth-order valence-electron chi connectivity index (χ4n) is 5.68. The lowest BCUT2D eigenvalue weighted by atomic mass is 10.0. The number of unbranched alkanes of at least 4 members (excludes halogenated alkanes) is 28. The van der Waals surface area contributed by atoms with Crippen LogP contribution in [0.15, 0.2) is 0 Å². The van der Waals surface area contributed by atoms with Crippen LogP contribution in [0.25, 0.3) is 0 Å². The highest BCUT2D eigenvalue weighted by molar-refractivity contribution is 7.52. The van der Waals surface area contributed by atoms with Crippen LogP contribution in [0.2, 0.25) is 0 Å². The van der Waals surface area contributed by atoms with E-state index in [0.29, 0.717) is 12.8 Å². The van der Waals surface area contributed by atoms with Gasteiger partial charge in [0.15, 0.2) is 0 Å². The third-order valence-corrected chi connectivity index (χ3v) is 9.34. The maximum Gasteiger partial charge on any atom is 0.514 e. The number of hydrogen-bond acceptors (Lipinski definition) is 5. The van der Waals surface area contributed by atoms with Crippen molar-refractivity contribution in [3.63, 3.8) is 0 Å². The lowest BCUT2D eigenvalue weighted by Crippen LogP contribution is -2.13. The Bertz CT molecular complexity index is 620. The molecule has 43 heavy (non-hydrogen) atoms. The van der Waals surface area contributed by atoms with E-state index in [1.165, 1.54) is 154 Å². The first kappa shape index (κ1) is 42.1. The molecule has 7 heteroatoms. The normalized spacial score (nSPS) is 11.6. The van der Waals surface area contributed by atoms with Gasteiger partial charge in [0.25, 0.3) is 0 Å². The molecule has 0 aliphatic rings. The van der Waals surface area contributed by atoms with E-state index in [4.69, 9.17) is 14.6 Å². The van der Waals surface area contributed by atoms with Crippen molar-refractivity contribution in [1.82, 2.24) is 0 Å². The van der Waals surface area contributed by atoms with Gasteiger partial charge < -0.3 is 9.05 Å². The molecule has 256 valence electrons. The van der Waals surface area contributed by atoms with Gasteiger partial charge in [-0.2, -0.15) is 0 Å². The van der Waals surface area contributed by atoms with Gasteiger partial charge in [-0.1, -0.05) is 194 Å². The summed E-state index contributed by atoms with van der Waals surface area (Å²) in [4.78, 5) is 24.0. The van der Waals surface area contributed by atoms with Crippen molar-refractivity contribution < 1.29 is 23.2 Å². The van der Waals surface area contributed by atoms with Crippen molar-refractivity contribution in [3.05, 3.63) is 0 Å². The van der Waals surface area contributed by atoms with E-state index in [-0.39, 0.29) is 12.8 Å². The summed E-state index contributed by atoms with van der Waals surface area (Å²) >= 11 is 0.